The van der Waals surface area contributed by atoms with Gasteiger partial charge in [0.15, 0.2) is 0 Å². The third-order valence-corrected chi connectivity index (χ3v) is 3.99. The number of fused-ring (bicyclic) bond motifs is 1. The first kappa shape index (κ1) is 11.1. The first-order valence-corrected chi connectivity index (χ1v) is 6.76. The minimum atomic E-state index is 1.09. The summed E-state index contributed by atoms with van der Waals surface area (Å²) in [4.78, 5) is 4.18. The summed E-state index contributed by atoms with van der Waals surface area (Å²) in [6, 6.07) is 2.29. The second-order valence-electron chi connectivity index (χ2n) is 4.10. The fourth-order valence-corrected chi connectivity index (χ4v) is 2.99. The highest BCUT2D eigenvalue weighted by Gasteiger charge is 2.15. The molecule has 15 heavy (non-hydrogen) atoms. The van der Waals surface area contributed by atoms with E-state index in [1.165, 1.54) is 32.5 Å². The number of rotatable bonds is 5. The zero-order valence-corrected chi connectivity index (χ0v) is 10.3. The lowest BCUT2D eigenvalue weighted by Crippen LogP contribution is -2.32. The number of nitrogens with zero attached hydrogens (tertiary/aromatic N) is 1. The molecule has 2 nitrogen and oxygen atoms in total. The Hall–Kier alpha value is -0.380. The highest BCUT2D eigenvalue weighted by atomic mass is 32.1. The standard InChI is InChI=1S/C12H20N2S/c1-2-13-6-3-7-14-8-4-12-11(10-14)5-9-15-12/h5,9,13H,2-4,6-8,10H2,1H3. The molecule has 0 spiro atoms. The van der Waals surface area contributed by atoms with Gasteiger partial charge in [0.25, 0.3) is 0 Å². The molecular weight excluding hydrogens is 204 g/mol. The molecule has 0 radical (unpaired) electrons. The maximum atomic E-state index is 3.38. The van der Waals surface area contributed by atoms with E-state index < -0.39 is 0 Å². The van der Waals surface area contributed by atoms with Crippen LogP contribution >= 0.6 is 11.3 Å². The van der Waals surface area contributed by atoms with Gasteiger partial charge in [0.2, 0.25) is 0 Å². The lowest BCUT2D eigenvalue weighted by Gasteiger charge is -2.26. The van der Waals surface area contributed by atoms with Crippen molar-refractivity contribution in [2.75, 3.05) is 26.2 Å². The molecule has 3 heteroatoms. The zero-order chi connectivity index (χ0) is 10.5. The van der Waals surface area contributed by atoms with Crippen LogP contribution < -0.4 is 5.32 Å². The van der Waals surface area contributed by atoms with Gasteiger partial charge in [-0.2, -0.15) is 0 Å². The van der Waals surface area contributed by atoms with Gasteiger partial charge < -0.3 is 5.32 Å². The van der Waals surface area contributed by atoms with Crippen LogP contribution in [0.2, 0.25) is 0 Å². The number of thiophene rings is 1. The van der Waals surface area contributed by atoms with Gasteiger partial charge in [-0.05, 0) is 49.5 Å². The Morgan fingerprint density at radius 3 is 3.33 bits per heavy atom. The van der Waals surface area contributed by atoms with Gasteiger partial charge in [0.1, 0.15) is 0 Å². The van der Waals surface area contributed by atoms with Gasteiger partial charge in [-0.3, -0.25) is 4.90 Å². The topological polar surface area (TPSA) is 15.3 Å². The Labute approximate surface area is 96.3 Å². The monoisotopic (exact) mass is 224 g/mol. The normalized spacial score (nSPS) is 16.6. The van der Waals surface area contributed by atoms with Crippen molar-refractivity contribution in [2.45, 2.75) is 26.3 Å². The van der Waals surface area contributed by atoms with Crippen LogP contribution in [0.1, 0.15) is 23.8 Å². The molecule has 0 saturated heterocycles. The highest BCUT2D eigenvalue weighted by molar-refractivity contribution is 7.10. The third-order valence-electron chi connectivity index (χ3n) is 2.96. The van der Waals surface area contributed by atoms with E-state index in [2.05, 4.69) is 28.6 Å². The van der Waals surface area contributed by atoms with Crippen LogP contribution in [0.3, 0.4) is 0 Å². The summed E-state index contributed by atoms with van der Waals surface area (Å²) >= 11 is 1.92. The number of nitrogens with one attached hydrogen (secondary N) is 1. The second kappa shape index (κ2) is 5.64. The van der Waals surface area contributed by atoms with Crippen molar-refractivity contribution < 1.29 is 0 Å². The van der Waals surface area contributed by atoms with Crippen LogP contribution in [0, 0.1) is 0 Å². The molecule has 1 aliphatic rings. The van der Waals surface area contributed by atoms with Gasteiger partial charge >= 0.3 is 0 Å². The van der Waals surface area contributed by atoms with E-state index in [0.717, 1.165) is 13.1 Å². The van der Waals surface area contributed by atoms with Crippen LogP contribution in [-0.2, 0) is 13.0 Å². The van der Waals surface area contributed by atoms with E-state index >= 15 is 0 Å². The van der Waals surface area contributed by atoms with Gasteiger partial charge in [-0.1, -0.05) is 6.92 Å². The van der Waals surface area contributed by atoms with Gasteiger partial charge in [-0.15, -0.1) is 11.3 Å². The van der Waals surface area contributed by atoms with Crippen molar-refractivity contribution in [3.63, 3.8) is 0 Å². The first-order valence-electron chi connectivity index (χ1n) is 5.88. The van der Waals surface area contributed by atoms with Crippen molar-refractivity contribution in [2.24, 2.45) is 0 Å². The van der Waals surface area contributed by atoms with Gasteiger partial charge in [-0.25, -0.2) is 0 Å². The maximum Gasteiger partial charge on any atom is 0.0244 e. The van der Waals surface area contributed by atoms with Crippen LogP contribution in [0.5, 0.6) is 0 Å². The van der Waals surface area contributed by atoms with Crippen molar-refractivity contribution in [3.8, 4) is 0 Å². The predicted molar refractivity (Wildman–Crippen MR) is 66.5 cm³/mol. The second-order valence-corrected chi connectivity index (χ2v) is 5.10. The van der Waals surface area contributed by atoms with Crippen molar-refractivity contribution in [3.05, 3.63) is 21.9 Å². The van der Waals surface area contributed by atoms with E-state index in [9.17, 15) is 0 Å². The van der Waals surface area contributed by atoms with Crippen molar-refractivity contribution in [1.82, 2.24) is 10.2 Å². The Bertz CT molecular complexity index is 296. The van der Waals surface area contributed by atoms with E-state index in [1.807, 2.05) is 11.3 Å². The fraction of sp³-hybridized carbons (Fsp3) is 0.667. The highest BCUT2D eigenvalue weighted by Crippen LogP contribution is 2.23. The van der Waals surface area contributed by atoms with Crippen LogP contribution in [0.25, 0.3) is 0 Å². The minimum absolute atomic E-state index is 1.09. The average Bonchev–Trinajstić information content (AvgIpc) is 2.71. The molecule has 0 aromatic carbocycles. The summed E-state index contributed by atoms with van der Waals surface area (Å²) in [7, 11) is 0. The van der Waals surface area contributed by atoms with Crippen LogP contribution in [0.15, 0.2) is 11.4 Å². The molecule has 0 amide bonds. The molecule has 0 unspecified atom stereocenters. The molecule has 1 aromatic rings. The molecule has 1 aromatic heterocycles. The van der Waals surface area contributed by atoms with E-state index in [4.69, 9.17) is 0 Å². The summed E-state index contributed by atoms with van der Waals surface area (Å²) in [6.07, 6.45) is 2.53. The minimum Gasteiger partial charge on any atom is -0.317 e. The van der Waals surface area contributed by atoms with Crippen molar-refractivity contribution >= 4 is 11.3 Å². The van der Waals surface area contributed by atoms with Crippen molar-refractivity contribution in [1.29, 1.82) is 0 Å². The molecule has 84 valence electrons. The van der Waals surface area contributed by atoms with Crippen LogP contribution in [0.4, 0.5) is 0 Å². The Morgan fingerprint density at radius 2 is 2.47 bits per heavy atom. The largest absolute Gasteiger partial charge is 0.317 e. The quantitative estimate of drug-likeness (QED) is 0.771. The van der Waals surface area contributed by atoms with E-state index in [0.29, 0.717) is 0 Å². The lowest BCUT2D eigenvalue weighted by molar-refractivity contribution is 0.252. The fourth-order valence-electron chi connectivity index (χ4n) is 2.10. The van der Waals surface area contributed by atoms with Gasteiger partial charge in [0.05, 0.1) is 0 Å². The molecule has 2 rings (SSSR count). The molecule has 1 N–H and O–H groups in total. The summed E-state index contributed by atoms with van der Waals surface area (Å²) < 4.78 is 0. The van der Waals surface area contributed by atoms with Crippen LogP contribution in [-0.4, -0.2) is 31.1 Å². The third kappa shape index (κ3) is 3.03. The summed E-state index contributed by atoms with van der Waals surface area (Å²) in [5.41, 5.74) is 1.56. The lowest BCUT2D eigenvalue weighted by atomic mass is 10.1. The van der Waals surface area contributed by atoms with Gasteiger partial charge in [0, 0.05) is 18.0 Å². The smallest absolute Gasteiger partial charge is 0.0244 e. The molecule has 1 aliphatic heterocycles. The Morgan fingerprint density at radius 1 is 1.53 bits per heavy atom. The molecule has 0 bridgehead atoms. The zero-order valence-electron chi connectivity index (χ0n) is 9.46. The Kier molecular flexibility index (Phi) is 4.18. The Balaban J connectivity index is 1.73. The molecule has 0 saturated carbocycles. The van der Waals surface area contributed by atoms with E-state index in [-0.39, 0.29) is 0 Å². The number of hydrogen-bond acceptors (Lipinski definition) is 3. The predicted octanol–water partition coefficient (Wildman–Crippen LogP) is 2.11. The summed E-state index contributed by atoms with van der Waals surface area (Å²) in [5, 5.41) is 5.61. The molecule has 0 aliphatic carbocycles. The van der Waals surface area contributed by atoms with E-state index in [1.54, 1.807) is 10.4 Å². The molecular formula is C12H20N2S. The molecule has 0 fully saturated rings. The number of hydrogen-bond donors (Lipinski definition) is 1. The SMILES string of the molecule is CCNCCCN1CCc2sccc2C1. The first-order chi connectivity index (χ1) is 7.40. The summed E-state index contributed by atoms with van der Waals surface area (Å²) in [5.74, 6) is 0. The molecule has 2 heterocycles. The average molecular weight is 224 g/mol. The summed E-state index contributed by atoms with van der Waals surface area (Å²) in [6.45, 7) is 8.07. The maximum absolute atomic E-state index is 3.38. The molecule has 0 atom stereocenters.